The molecule has 2 rings (SSSR count). The Balaban J connectivity index is 2.19. The van der Waals surface area contributed by atoms with E-state index in [0.717, 1.165) is 6.04 Å². The largest absolute Gasteiger partial charge is 0.386 e. The minimum absolute atomic E-state index is 0.745. The van der Waals surface area contributed by atoms with Crippen LogP contribution in [-0.4, -0.2) is 19.6 Å². The lowest BCUT2D eigenvalue weighted by Crippen LogP contribution is -2.38. The fraction of sp³-hybridized carbons (Fsp3) is 0.647. The zero-order chi connectivity index (χ0) is 13.5. The number of para-hydroxylation sites is 2. The zero-order valence-corrected chi connectivity index (χ0v) is 12.5. The molecule has 1 aromatic carbocycles. The Hall–Kier alpha value is -1.18. The second-order valence-electron chi connectivity index (χ2n) is 5.61. The fourth-order valence-corrected chi connectivity index (χ4v) is 3.16. The van der Waals surface area contributed by atoms with Crippen LogP contribution in [0.4, 0.5) is 11.4 Å². The number of benzene rings is 1. The monoisotopic (exact) mass is 260 g/mol. The van der Waals surface area contributed by atoms with Crippen LogP contribution >= 0.6 is 0 Å². The number of anilines is 2. The molecule has 0 unspecified atom stereocenters. The van der Waals surface area contributed by atoms with Gasteiger partial charge in [0.05, 0.1) is 11.4 Å². The fourth-order valence-electron chi connectivity index (χ4n) is 3.16. The van der Waals surface area contributed by atoms with Gasteiger partial charge in [0.1, 0.15) is 0 Å². The summed E-state index contributed by atoms with van der Waals surface area (Å²) in [6, 6.07) is 9.49. The topological polar surface area (TPSA) is 15.3 Å². The number of nitrogens with one attached hydrogen (secondary N) is 1. The molecule has 0 saturated heterocycles. The van der Waals surface area contributed by atoms with E-state index in [-0.39, 0.29) is 0 Å². The number of nitrogens with zero attached hydrogens (tertiary/aromatic N) is 1. The Morgan fingerprint density at radius 2 is 1.89 bits per heavy atom. The minimum atomic E-state index is 0.745. The Bertz CT molecular complexity index is 369. The molecule has 0 atom stereocenters. The quantitative estimate of drug-likeness (QED) is 0.799. The van der Waals surface area contributed by atoms with Gasteiger partial charge in [-0.15, -0.1) is 0 Å². The molecule has 0 bridgehead atoms. The second-order valence-corrected chi connectivity index (χ2v) is 5.61. The maximum Gasteiger partial charge on any atom is 0.0604 e. The molecule has 1 saturated carbocycles. The van der Waals surface area contributed by atoms with E-state index in [1.54, 1.807) is 0 Å². The van der Waals surface area contributed by atoms with E-state index in [0.29, 0.717) is 0 Å². The first-order chi connectivity index (χ1) is 9.36. The van der Waals surface area contributed by atoms with Gasteiger partial charge in [0.25, 0.3) is 0 Å². The molecule has 0 radical (unpaired) electrons. The van der Waals surface area contributed by atoms with Crippen LogP contribution in [0.5, 0.6) is 0 Å². The highest BCUT2D eigenvalue weighted by molar-refractivity contribution is 5.70. The van der Waals surface area contributed by atoms with Crippen LogP contribution in [0, 0.1) is 0 Å². The van der Waals surface area contributed by atoms with Gasteiger partial charge in [-0.1, -0.05) is 44.7 Å². The summed E-state index contributed by atoms with van der Waals surface area (Å²) < 4.78 is 0. The summed E-state index contributed by atoms with van der Waals surface area (Å²) in [5, 5.41) is 3.35. The van der Waals surface area contributed by atoms with E-state index in [4.69, 9.17) is 0 Å². The molecular formula is C17H28N2. The van der Waals surface area contributed by atoms with Gasteiger partial charge in [-0.3, -0.25) is 0 Å². The molecule has 1 aliphatic rings. The first-order valence-corrected chi connectivity index (χ1v) is 7.90. The summed E-state index contributed by atoms with van der Waals surface area (Å²) in [6.45, 7) is 3.48. The average Bonchev–Trinajstić information content (AvgIpc) is 2.49. The summed E-state index contributed by atoms with van der Waals surface area (Å²) in [5.41, 5.74) is 2.66. The van der Waals surface area contributed by atoms with Crippen molar-refractivity contribution >= 4 is 11.4 Å². The second kappa shape index (κ2) is 7.42. The van der Waals surface area contributed by atoms with Gasteiger partial charge in [0, 0.05) is 19.6 Å². The van der Waals surface area contributed by atoms with Gasteiger partial charge in [0.2, 0.25) is 0 Å². The van der Waals surface area contributed by atoms with Gasteiger partial charge in [-0.25, -0.2) is 0 Å². The Kier molecular flexibility index (Phi) is 5.56. The first-order valence-electron chi connectivity index (χ1n) is 7.90. The lowest BCUT2D eigenvalue weighted by molar-refractivity contribution is 0.412. The van der Waals surface area contributed by atoms with Gasteiger partial charge in [-0.05, 0) is 31.4 Å². The smallest absolute Gasteiger partial charge is 0.0604 e. The van der Waals surface area contributed by atoms with Crippen molar-refractivity contribution in [2.45, 2.75) is 57.9 Å². The molecule has 1 aliphatic carbocycles. The molecule has 1 N–H and O–H groups in total. The first kappa shape index (κ1) is 14.2. The van der Waals surface area contributed by atoms with E-state index >= 15 is 0 Å². The number of hydrogen-bond acceptors (Lipinski definition) is 2. The zero-order valence-electron chi connectivity index (χ0n) is 12.5. The Labute approximate surface area is 118 Å². The summed E-state index contributed by atoms with van der Waals surface area (Å²) in [7, 11) is 2.03. The number of rotatable bonds is 6. The molecule has 0 amide bonds. The summed E-state index contributed by atoms with van der Waals surface area (Å²) >= 11 is 0. The molecule has 2 heteroatoms. The number of hydrogen-bond donors (Lipinski definition) is 1. The third kappa shape index (κ3) is 3.65. The van der Waals surface area contributed by atoms with Crippen LogP contribution in [0.1, 0.15) is 51.9 Å². The molecular weight excluding hydrogens is 232 g/mol. The molecule has 0 aliphatic heterocycles. The van der Waals surface area contributed by atoms with Crippen LogP contribution < -0.4 is 10.2 Å². The summed E-state index contributed by atoms with van der Waals surface area (Å²) in [5.74, 6) is 0. The van der Waals surface area contributed by atoms with Crippen LogP contribution in [0.25, 0.3) is 0 Å². The van der Waals surface area contributed by atoms with Crippen molar-refractivity contribution in [2.75, 3.05) is 23.8 Å². The predicted molar refractivity (Wildman–Crippen MR) is 85.1 cm³/mol. The van der Waals surface area contributed by atoms with E-state index in [1.165, 1.54) is 62.9 Å². The van der Waals surface area contributed by atoms with E-state index in [2.05, 4.69) is 41.4 Å². The van der Waals surface area contributed by atoms with Crippen molar-refractivity contribution in [1.29, 1.82) is 0 Å². The van der Waals surface area contributed by atoms with Crippen LogP contribution in [0.2, 0.25) is 0 Å². The van der Waals surface area contributed by atoms with E-state index < -0.39 is 0 Å². The lowest BCUT2D eigenvalue weighted by Gasteiger charge is -2.37. The van der Waals surface area contributed by atoms with Crippen molar-refractivity contribution < 1.29 is 0 Å². The van der Waals surface area contributed by atoms with Crippen molar-refractivity contribution in [2.24, 2.45) is 0 Å². The molecule has 1 fully saturated rings. The standard InChI is InChI=1S/C17H28N2/c1-3-4-14-19(15-10-6-5-7-11-15)17-13-9-8-12-16(17)18-2/h8-9,12-13,15,18H,3-7,10-11,14H2,1-2H3. The lowest BCUT2D eigenvalue weighted by atomic mass is 9.93. The third-order valence-electron chi connectivity index (χ3n) is 4.25. The van der Waals surface area contributed by atoms with Crippen molar-refractivity contribution in [3.05, 3.63) is 24.3 Å². The SMILES string of the molecule is CCCCN(c1ccccc1NC)C1CCCCC1. The van der Waals surface area contributed by atoms with Gasteiger partial charge < -0.3 is 10.2 Å². The summed E-state index contributed by atoms with van der Waals surface area (Å²) in [4.78, 5) is 2.66. The molecule has 19 heavy (non-hydrogen) atoms. The third-order valence-corrected chi connectivity index (χ3v) is 4.25. The molecule has 0 aromatic heterocycles. The van der Waals surface area contributed by atoms with Gasteiger partial charge in [-0.2, -0.15) is 0 Å². The van der Waals surface area contributed by atoms with Gasteiger partial charge in [0.15, 0.2) is 0 Å². The molecule has 2 nitrogen and oxygen atoms in total. The maximum absolute atomic E-state index is 3.35. The number of unbranched alkanes of at least 4 members (excludes halogenated alkanes) is 1. The normalized spacial score (nSPS) is 16.3. The molecule has 0 spiro atoms. The van der Waals surface area contributed by atoms with Gasteiger partial charge >= 0.3 is 0 Å². The highest BCUT2D eigenvalue weighted by atomic mass is 15.2. The van der Waals surface area contributed by atoms with E-state index in [1.807, 2.05) is 7.05 Å². The Morgan fingerprint density at radius 3 is 2.58 bits per heavy atom. The average molecular weight is 260 g/mol. The highest BCUT2D eigenvalue weighted by Gasteiger charge is 2.22. The Morgan fingerprint density at radius 1 is 1.16 bits per heavy atom. The molecule has 0 heterocycles. The van der Waals surface area contributed by atoms with E-state index in [9.17, 15) is 0 Å². The van der Waals surface area contributed by atoms with Crippen LogP contribution in [0.15, 0.2) is 24.3 Å². The van der Waals surface area contributed by atoms with Crippen molar-refractivity contribution in [3.63, 3.8) is 0 Å². The summed E-state index contributed by atoms with van der Waals surface area (Å²) in [6.07, 6.45) is 9.50. The van der Waals surface area contributed by atoms with Crippen molar-refractivity contribution in [3.8, 4) is 0 Å². The molecule has 106 valence electrons. The van der Waals surface area contributed by atoms with Crippen molar-refractivity contribution in [1.82, 2.24) is 0 Å². The maximum atomic E-state index is 3.35. The molecule has 1 aromatic rings. The predicted octanol–water partition coefficient (Wildman–Crippen LogP) is 4.67. The van der Waals surface area contributed by atoms with Crippen LogP contribution in [-0.2, 0) is 0 Å². The minimum Gasteiger partial charge on any atom is -0.386 e. The van der Waals surface area contributed by atoms with Crippen LogP contribution in [0.3, 0.4) is 0 Å². The highest BCUT2D eigenvalue weighted by Crippen LogP contribution is 2.32.